The molecule has 9 rings (SSSR count). The Kier molecular flexibility index (Phi) is 8.68. The van der Waals surface area contributed by atoms with Crippen molar-refractivity contribution >= 4 is 54.0 Å². The molecule has 4 aliphatic heterocycles. The van der Waals surface area contributed by atoms with Gasteiger partial charge < -0.3 is 28.5 Å². The Balaban J connectivity index is 1.03. The number of amides is 3. The third-order valence-electron chi connectivity index (χ3n) is 12.5. The molecule has 4 heterocycles. The first-order valence-corrected chi connectivity index (χ1v) is 22.2. The zero-order valence-corrected chi connectivity index (χ0v) is 32.9. The zero-order chi connectivity index (χ0) is 39.1. The van der Waals surface area contributed by atoms with Crippen LogP contribution < -0.4 is 14.5 Å². The van der Waals surface area contributed by atoms with Crippen molar-refractivity contribution in [3.63, 3.8) is 0 Å². The number of carbonyl (C=O) groups is 3. The normalized spacial score (nSPS) is 24.0. The van der Waals surface area contributed by atoms with Crippen LogP contribution >= 0.6 is 0 Å². The summed E-state index contributed by atoms with van der Waals surface area (Å²) in [5, 5.41) is 12.3. The van der Waals surface area contributed by atoms with Crippen molar-refractivity contribution in [1.29, 1.82) is 0 Å². The number of fused-ring (bicyclic) bond motifs is 3. The first kappa shape index (κ1) is 36.3. The van der Waals surface area contributed by atoms with Crippen LogP contribution in [-0.2, 0) is 39.4 Å². The lowest BCUT2D eigenvalue weighted by Gasteiger charge is -2.37. The first-order chi connectivity index (χ1) is 26.9. The monoisotopic (exact) mass is 769 g/mol. The predicted molar refractivity (Wildman–Crippen MR) is 215 cm³/mol. The first-order valence-electron chi connectivity index (χ1n) is 19.2. The molecule has 4 aliphatic rings. The number of carbonyl (C=O) groups excluding carboxylic acids is 3. The molecule has 0 radical (unpaired) electrons. The predicted octanol–water partition coefficient (Wildman–Crippen LogP) is 7.80. The van der Waals surface area contributed by atoms with Crippen molar-refractivity contribution in [2.45, 2.75) is 69.2 Å². The number of halogens is 1. The summed E-state index contributed by atoms with van der Waals surface area (Å²) in [6.45, 7) is 5.47. The van der Waals surface area contributed by atoms with Crippen LogP contribution in [0.4, 0.5) is 21.2 Å². The zero-order valence-electron chi connectivity index (χ0n) is 31.9. The van der Waals surface area contributed by atoms with Gasteiger partial charge in [0.05, 0.1) is 55.8 Å². The number of aliphatic hydroxyl groups excluding tert-OH is 1. The Labute approximate surface area is 326 Å². The molecule has 1 spiro atoms. The third-order valence-corrected chi connectivity index (χ3v) is 15.0. The molecular formula is C45H44FN3O6Si. The minimum absolute atomic E-state index is 0.0876. The number of aliphatic hydroxyl groups is 1. The molecule has 5 atom stereocenters. The van der Waals surface area contributed by atoms with Crippen molar-refractivity contribution < 1.29 is 33.1 Å². The molecule has 3 amide bonds. The van der Waals surface area contributed by atoms with Crippen LogP contribution in [0.1, 0.15) is 46.0 Å². The molecule has 9 nitrogen and oxygen atoms in total. The average Bonchev–Trinajstić information content (AvgIpc) is 3.75. The Morgan fingerprint density at radius 3 is 2.39 bits per heavy atom. The Hall–Kier alpha value is -5.36. The Morgan fingerprint density at radius 2 is 1.68 bits per heavy atom. The van der Waals surface area contributed by atoms with E-state index in [-0.39, 0.29) is 37.3 Å². The molecule has 11 heteroatoms. The van der Waals surface area contributed by atoms with Gasteiger partial charge in [0.15, 0.2) is 5.60 Å². The van der Waals surface area contributed by atoms with E-state index in [0.717, 1.165) is 38.8 Å². The smallest absolute Gasteiger partial charge is 0.264 e. The minimum Gasteiger partial charge on any atom is -0.497 e. The van der Waals surface area contributed by atoms with E-state index >= 15 is 8.90 Å². The van der Waals surface area contributed by atoms with Gasteiger partial charge in [0.2, 0.25) is 14.3 Å². The van der Waals surface area contributed by atoms with E-state index in [9.17, 15) is 14.7 Å². The van der Waals surface area contributed by atoms with Crippen LogP contribution in [0.5, 0.6) is 5.75 Å². The summed E-state index contributed by atoms with van der Waals surface area (Å²) in [7, 11) is -2.00. The number of methoxy groups -OCH3 is 1. The number of nitrogens with zero attached hydrogens (tertiary/aromatic N) is 3. The third kappa shape index (κ3) is 5.50. The van der Waals surface area contributed by atoms with Gasteiger partial charge in [-0.3, -0.25) is 19.3 Å². The summed E-state index contributed by atoms with van der Waals surface area (Å²) in [5.74, 6) is -0.697. The molecule has 1 saturated heterocycles. The molecule has 0 aliphatic carbocycles. The van der Waals surface area contributed by atoms with E-state index in [4.69, 9.17) is 9.47 Å². The van der Waals surface area contributed by atoms with E-state index in [1.165, 1.54) is 0 Å². The minimum atomic E-state index is -3.56. The number of ether oxygens (including phenoxy) is 2. The summed E-state index contributed by atoms with van der Waals surface area (Å²) in [4.78, 5) is 48.0. The number of hydrogen-bond donors (Lipinski definition) is 1. The number of hydrogen-bond acceptors (Lipinski definition) is 6. The highest BCUT2D eigenvalue weighted by Crippen LogP contribution is 2.61. The molecule has 0 aromatic heterocycles. The number of benzene rings is 5. The summed E-state index contributed by atoms with van der Waals surface area (Å²) in [5.41, 5.74) is 4.18. The van der Waals surface area contributed by atoms with Gasteiger partial charge in [0, 0.05) is 34.6 Å². The fraction of sp³-hybridized carbons (Fsp3) is 0.311. The fourth-order valence-corrected chi connectivity index (χ4v) is 12.4. The Morgan fingerprint density at radius 1 is 0.946 bits per heavy atom. The number of anilines is 3. The van der Waals surface area contributed by atoms with Crippen LogP contribution in [-0.4, -0.2) is 62.0 Å². The van der Waals surface area contributed by atoms with Crippen LogP contribution in [0, 0.1) is 5.92 Å². The van der Waals surface area contributed by atoms with Gasteiger partial charge in [-0.05, 0) is 84.1 Å². The van der Waals surface area contributed by atoms with E-state index < -0.39 is 37.6 Å². The van der Waals surface area contributed by atoms with Crippen LogP contribution in [0.15, 0.2) is 103 Å². The molecule has 0 saturated carbocycles. The van der Waals surface area contributed by atoms with Crippen molar-refractivity contribution in [3.8, 4) is 5.75 Å². The second-order valence-electron chi connectivity index (χ2n) is 16.1. The summed E-state index contributed by atoms with van der Waals surface area (Å²) < 4.78 is 29.2. The maximum atomic E-state index is 16.6. The molecule has 5 aromatic carbocycles. The molecular weight excluding hydrogens is 726 g/mol. The van der Waals surface area contributed by atoms with E-state index in [1.807, 2.05) is 104 Å². The van der Waals surface area contributed by atoms with Crippen LogP contribution in [0.3, 0.4) is 0 Å². The van der Waals surface area contributed by atoms with Crippen molar-refractivity contribution in [2.24, 2.45) is 5.92 Å². The molecule has 0 bridgehead atoms. The molecule has 1 N–H and O–H groups in total. The Bertz CT molecular complexity index is 2410. The molecule has 0 unspecified atom stereocenters. The average molecular weight is 770 g/mol. The quantitative estimate of drug-likeness (QED) is 0.128. The van der Waals surface area contributed by atoms with Gasteiger partial charge in [0.25, 0.3) is 11.8 Å². The lowest BCUT2D eigenvalue weighted by atomic mass is 9.82. The van der Waals surface area contributed by atoms with Crippen molar-refractivity contribution in [1.82, 2.24) is 4.90 Å². The van der Waals surface area contributed by atoms with Crippen LogP contribution in [0.2, 0.25) is 18.6 Å². The highest BCUT2D eigenvalue weighted by Gasteiger charge is 2.67. The summed E-state index contributed by atoms with van der Waals surface area (Å²) >= 11 is 0. The largest absolute Gasteiger partial charge is 0.497 e. The number of rotatable bonds is 8. The highest BCUT2D eigenvalue weighted by atomic mass is 28.4. The van der Waals surface area contributed by atoms with Crippen LogP contribution in [0.25, 0.3) is 10.8 Å². The van der Waals surface area contributed by atoms with Gasteiger partial charge in [0.1, 0.15) is 5.75 Å². The van der Waals surface area contributed by atoms with Gasteiger partial charge in [-0.1, -0.05) is 67.6 Å². The lowest BCUT2D eigenvalue weighted by molar-refractivity contribution is -0.151. The molecule has 56 heavy (non-hydrogen) atoms. The second kappa shape index (κ2) is 13.4. The maximum Gasteiger partial charge on any atom is 0.264 e. The summed E-state index contributed by atoms with van der Waals surface area (Å²) in [6, 6.07) is 32.2. The fourth-order valence-electron chi connectivity index (χ4n) is 9.95. The molecule has 286 valence electrons. The van der Waals surface area contributed by atoms with Crippen molar-refractivity contribution in [3.05, 3.63) is 131 Å². The maximum absolute atomic E-state index is 16.6. The van der Waals surface area contributed by atoms with E-state index in [0.29, 0.717) is 35.5 Å². The highest BCUT2D eigenvalue weighted by molar-refractivity contribution is 6.72. The topological polar surface area (TPSA) is 99.6 Å². The lowest BCUT2D eigenvalue weighted by Crippen LogP contribution is -2.48. The standard InChI is InChI=1S/C45H44FN3O6Si/c1-27-42(56(3,4)46)39(23-40(51)47-25-31-10-6-5-9-30(31)21-33(47)26-50)55-45(27)36-22-34(54-2)19-20-37(36)48(44(45)53)24-28-15-17-32(18-16-28)49-38-14-8-12-29-11-7-13-35(41(29)38)43(49)52/h5-20,22,27,33,39,42,50H,21,23-26H2,1-4H3/t27-,33+,39+,42-,45+/m1/s1. The SMILES string of the molecule is COc1ccc2c(c1)[C@]1(O[C@@H](CC(=O)N3Cc4ccccc4C[C@H]3CO)[C@H]([Si](C)(C)F)[C@H]1C)C(=O)N2Cc1ccc(N2C(=O)c3cccc4cccc2c34)cc1. The van der Waals surface area contributed by atoms with Gasteiger partial charge in [-0.15, -0.1) is 0 Å². The van der Waals surface area contributed by atoms with Crippen molar-refractivity contribution in [2.75, 3.05) is 23.5 Å². The molecule has 1 fully saturated rings. The van der Waals surface area contributed by atoms with Gasteiger partial charge in [-0.25, -0.2) is 0 Å². The van der Waals surface area contributed by atoms with Gasteiger partial charge in [-0.2, -0.15) is 0 Å². The molecule has 5 aromatic rings. The van der Waals surface area contributed by atoms with E-state index in [1.54, 1.807) is 41.0 Å². The van der Waals surface area contributed by atoms with Gasteiger partial charge >= 0.3 is 0 Å². The summed E-state index contributed by atoms with van der Waals surface area (Å²) in [6.07, 6.45) is -0.456. The van der Waals surface area contributed by atoms with E-state index in [2.05, 4.69) is 0 Å². The second-order valence-corrected chi connectivity index (χ2v) is 19.9.